The van der Waals surface area contributed by atoms with Crippen molar-refractivity contribution >= 4 is 5.97 Å². The summed E-state index contributed by atoms with van der Waals surface area (Å²) in [6.45, 7) is -0.534. The second kappa shape index (κ2) is 3.39. The van der Waals surface area contributed by atoms with Crippen LogP contribution in [-0.4, -0.2) is 40.0 Å². The molecule has 0 aromatic rings. The van der Waals surface area contributed by atoms with Crippen molar-refractivity contribution in [1.82, 2.24) is 0 Å². The summed E-state index contributed by atoms with van der Waals surface area (Å²) in [5.74, 6) is -1.42. The van der Waals surface area contributed by atoms with Gasteiger partial charge in [0.15, 0.2) is 6.10 Å². The van der Waals surface area contributed by atoms with Crippen LogP contribution in [-0.2, 0) is 4.79 Å². The quantitative estimate of drug-likeness (QED) is 0.350. The highest BCUT2D eigenvalue weighted by atomic mass is 16.4. The molecule has 5 nitrogen and oxygen atoms in total. The lowest BCUT2D eigenvalue weighted by molar-refractivity contribution is -0.148. The van der Waals surface area contributed by atoms with E-state index < -0.39 is 24.7 Å². The predicted molar refractivity (Wildman–Crippen MR) is 28.7 cm³/mol. The molecule has 0 radical (unpaired) electrons. The smallest absolute Gasteiger partial charge is 0.334 e. The van der Waals surface area contributed by atoms with E-state index in [0.29, 0.717) is 0 Å². The summed E-state index contributed by atoms with van der Waals surface area (Å²) < 4.78 is 0. The average Bonchev–Trinajstić information content (AvgIpc) is 1.84. The third-order valence-electron chi connectivity index (χ3n) is 0.869. The van der Waals surface area contributed by atoms with Crippen LogP contribution >= 0.6 is 0 Å². The molecule has 2 atom stereocenters. The molecule has 0 aliphatic carbocycles. The normalized spacial score (nSPS) is 16.8. The van der Waals surface area contributed by atoms with Crippen LogP contribution in [0.1, 0.15) is 0 Å². The number of nitrogens with two attached hydrogens (primary N) is 1. The molecule has 0 aromatic carbocycles. The van der Waals surface area contributed by atoms with Gasteiger partial charge in [-0.2, -0.15) is 0 Å². The van der Waals surface area contributed by atoms with E-state index in [2.05, 4.69) is 0 Å². The van der Waals surface area contributed by atoms with Crippen LogP contribution in [0.5, 0.6) is 0 Å². The maximum absolute atomic E-state index is 9.86. The number of carboxylic acid groups (broad SMARTS) is 1. The highest BCUT2D eigenvalue weighted by Gasteiger charge is 2.20. The van der Waals surface area contributed by atoms with Crippen LogP contribution in [0.4, 0.5) is 0 Å². The molecule has 5 N–H and O–H groups in total. The summed E-state index contributed by atoms with van der Waals surface area (Å²) in [5.41, 5.74) is 4.94. The van der Waals surface area contributed by atoms with Crippen molar-refractivity contribution in [2.45, 2.75) is 12.1 Å². The Hall–Kier alpha value is -0.650. The maximum Gasteiger partial charge on any atom is 0.334 e. The molecule has 0 aliphatic heterocycles. The highest BCUT2D eigenvalue weighted by molar-refractivity contribution is 5.72. The maximum atomic E-state index is 9.86. The number of hydrogen-bond acceptors (Lipinski definition) is 4. The fourth-order valence-electron chi connectivity index (χ4n) is 0.283. The van der Waals surface area contributed by atoms with Gasteiger partial charge in [0.1, 0.15) is 0 Å². The predicted octanol–water partition coefficient (Wildman–Crippen LogP) is -2.25. The number of carboxylic acids is 1. The van der Waals surface area contributed by atoms with Crippen LogP contribution in [0, 0.1) is 0 Å². The summed E-state index contributed by atoms with van der Waals surface area (Å²) in [4.78, 5) is 9.86. The minimum absolute atomic E-state index is 0.534. The van der Waals surface area contributed by atoms with Crippen LogP contribution in [0.3, 0.4) is 0 Å². The molecule has 0 amide bonds. The van der Waals surface area contributed by atoms with E-state index in [1.54, 1.807) is 0 Å². The first-order valence-electron chi connectivity index (χ1n) is 2.37. The van der Waals surface area contributed by atoms with E-state index in [1.807, 2.05) is 0 Å². The van der Waals surface area contributed by atoms with Crippen molar-refractivity contribution in [2.24, 2.45) is 5.73 Å². The zero-order chi connectivity index (χ0) is 7.44. The molecule has 0 aromatic heterocycles. The van der Waals surface area contributed by atoms with Crippen LogP contribution < -0.4 is 5.73 Å². The number of aliphatic hydroxyl groups excluding tert-OH is 2. The summed E-state index contributed by atoms with van der Waals surface area (Å²) in [6, 6.07) is -1.09. The molecule has 0 spiro atoms. The number of rotatable bonds is 3. The number of aliphatic carboxylic acids is 1. The Morgan fingerprint density at radius 2 is 2.11 bits per heavy atom. The molecule has 9 heavy (non-hydrogen) atoms. The molecule has 0 saturated carbocycles. The Labute approximate surface area is 51.7 Å². The lowest BCUT2D eigenvalue weighted by Crippen LogP contribution is -2.42. The Morgan fingerprint density at radius 1 is 1.67 bits per heavy atom. The van der Waals surface area contributed by atoms with Gasteiger partial charge in [0, 0.05) is 0 Å². The molecule has 0 bridgehead atoms. The highest BCUT2D eigenvalue weighted by Crippen LogP contribution is 1.87. The van der Waals surface area contributed by atoms with Gasteiger partial charge in [-0.25, -0.2) is 4.79 Å². The van der Waals surface area contributed by atoms with Crippen LogP contribution in [0.25, 0.3) is 0 Å². The Kier molecular flexibility index (Phi) is 3.15. The summed E-state index contributed by atoms with van der Waals surface area (Å²) >= 11 is 0. The minimum atomic E-state index is -1.67. The second-order valence-electron chi connectivity index (χ2n) is 1.63. The van der Waals surface area contributed by atoms with Gasteiger partial charge in [-0.15, -0.1) is 0 Å². The van der Waals surface area contributed by atoms with Crippen molar-refractivity contribution in [3.05, 3.63) is 0 Å². The molecule has 0 saturated heterocycles. The van der Waals surface area contributed by atoms with Crippen molar-refractivity contribution in [3.8, 4) is 0 Å². The SMILES string of the molecule is N[C@@H](CO)[C@H](O)C(=O)O. The summed E-state index contributed by atoms with van der Waals surface area (Å²) in [7, 11) is 0. The lowest BCUT2D eigenvalue weighted by Gasteiger charge is -2.10. The molecule has 0 fully saturated rings. The fraction of sp³-hybridized carbons (Fsp3) is 0.750. The van der Waals surface area contributed by atoms with Gasteiger partial charge < -0.3 is 21.1 Å². The minimum Gasteiger partial charge on any atom is -0.479 e. The second-order valence-corrected chi connectivity index (χ2v) is 1.63. The molecular formula is C4H9NO4. The van der Waals surface area contributed by atoms with Gasteiger partial charge in [0.2, 0.25) is 0 Å². The van der Waals surface area contributed by atoms with E-state index in [9.17, 15) is 4.79 Å². The topological polar surface area (TPSA) is 104 Å². The summed E-state index contributed by atoms with van der Waals surface area (Å²) in [5, 5.41) is 24.8. The molecular weight excluding hydrogens is 126 g/mol. The Morgan fingerprint density at radius 3 is 2.22 bits per heavy atom. The third-order valence-corrected chi connectivity index (χ3v) is 0.869. The molecule has 0 aliphatic rings. The van der Waals surface area contributed by atoms with E-state index in [4.69, 9.17) is 21.1 Å². The summed E-state index contributed by atoms with van der Waals surface area (Å²) in [6.07, 6.45) is -1.67. The van der Waals surface area contributed by atoms with E-state index in [-0.39, 0.29) is 0 Å². The van der Waals surface area contributed by atoms with Gasteiger partial charge in [0.25, 0.3) is 0 Å². The van der Waals surface area contributed by atoms with Gasteiger partial charge >= 0.3 is 5.97 Å². The third kappa shape index (κ3) is 2.41. The van der Waals surface area contributed by atoms with Crippen LogP contribution in [0.15, 0.2) is 0 Å². The van der Waals surface area contributed by atoms with Crippen molar-refractivity contribution in [1.29, 1.82) is 0 Å². The molecule has 0 heterocycles. The van der Waals surface area contributed by atoms with Gasteiger partial charge in [-0.3, -0.25) is 0 Å². The van der Waals surface area contributed by atoms with E-state index >= 15 is 0 Å². The largest absolute Gasteiger partial charge is 0.479 e. The first kappa shape index (κ1) is 8.35. The average molecular weight is 135 g/mol. The Bertz CT molecular complexity index is 105. The number of aliphatic hydroxyl groups is 2. The molecule has 54 valence electrons. The standard InChI is InChI=1S/C4H9NO4/c5-2(1-6)3(7)4(8)9/h2-3,6-7H,1,5H2,(H,8,9)/t2-,3-/m0/s1. The van der Waals surface area contributed by atoms with Crippen molar-refractivity contribution < 1.29 is 20.1 Å². The van der Waals surface area contributed by atoms with Gasteiger partial charge in [0.05, 0.1) is 12.6 Å². The van der Waals surface area contributed by atoms with Crippen molar-refractivity contribution in [3.63, 3.8) is 0 Å². The van der Waals surface area contributed by atoms with Crippen molar-refractivity contribution in [2.75, 3.05) is 6.61 Å². The fourth-order valence-corrected chi connectivity index (χ4v) is 0.283. The van der Waals surface area contributed by atoms with Gasteiger partial charge in [-0.05, 0) is 0 Å². The number of carbonyl (C=O) groups is 1. The lowest BCUT2D eigenvalue weighted by atomic mass is 10.2. The van der Waals surface area contributed by atoms with E-state index in [0.717, 1.165) is 0 Å². The molecule has 0 unspecified atom stereocenters. The van der Waals surface area contributed by atoms with E-state index in [1.165, 1.54) is 0 Å². The van der Waals surface area contributed by atoms with Crippen LogP contribution in [0.2, 0.25) is 0 Å². The first-order valence-corrected chi connectivity index (χ1v) is 2.37. The molecule has 5 heteroatoms. The monoisotopic (exact) mass is 135 g/mol. The Balaban J connectivity index is 3.72. The zero-order valence-corrected chi connectivity index (χ0v) is 4.69. The first-order chi connectivity index (χ1) is 4.09. The zero-order valence-electron chi connectivity index (χ0n) is 4.69. The van der Waals surface area contributed by atoms with Gasteiger partial charge in [-0.1, -0.05) is 0 Å². The number of hydrogen-bond donors (Lipinski definition) is 4. The molecule has 0 rings (SSSR count).